The normalized spacial score (nSPS) is 15.9. The van der Waals surface area contributed by atoms with E-state index in [1.54, 1.807) is 18.5 Å². The molecule has 2 N–H and O–H groups in total. The number of hydrogen-bond donors (Lipinski definition) is 2. The fourth-order valence-electron chi connectivity index (χ4n) is 3.60. The molecule has 4 rings (SSSR count). The fourth-order valence-corrected chi connectivity index (χ4v) is 3.60. The summed E-state index contributed by atoms with van der Waals surface area (Å²) in [4.78, 5) is 10.9. The molecule has 9 heteroatoms. The number of phenols is 1. The lowest BCUT2D eigenvalue weighted by molar-refractivity contribution is 0.365. The van der Waals surface area contributed by atoms with Gasteiger partial charge in [0.2, 0.25) is 5.95 Å². The van der Waals surface area contributed by atoms with E-state index in [0.29, 0.717) is 29.2 Å². The summed E-state index contributed by atoms with van der Waals surface area (Å²) in [6.45, 7) is 9.00. The lowest BCUT2D eigenvalue weighted by Crippen LogP contribution is -2.53. The van der Waals surface area contributed by atoms with Gasteiger partial charge in [0.1, 0.15) is 11.4 Å². The summed E-state index contributed by atoms with van der Waals surface area (Å²) in [5.41, 5.74) is 4.04. The van der Waals surface area contributed by atoms with Gasteiger partial charge < -0.3 is 15.3 Å². The van der Waals surface area contributed by atoms with Crippen molar-refractivity contribution in [2.24, 2.45) is 5.92 Å². The molecular formula is C22H28Cl2N6O. The smallest absolute Gasteiger partial charge is 0.245 e. The van der Waals surface area contributed by atoms with Crippen LogP contribution in [0.2, 0.25) is 0 Å². The van der Waals surface area contributed by atoms with Crippen molar-refractivity contribution in [3.63, 3.8) is 0 Å². The van der Waals surface area contributed by atoms with Gasteiger partial charge in [0.05, 0.1) is 6.20 Å². The molecule has 1 aliphatic rings. The summed E-state index contributed by atoms with van der Waals surface area (Å²) in [6, 6.07) is 9.88. The van der Waals surface area contributed by atoms with Gasteiger partial charge in [-0.05, 0) is 48.2 Å². The van der Waals surface area contributed by atoms with E-state index in [1.165, 1.54) is 0 Å². The lowest BCUT2D eigenvalue weighted by Gasteiger charge is -2.35. The van der Waals surface area contributed by atoms with Crippen molar-refractivity contribution in [2.75, 3.05) is 24.5 Å². The van der Waals surface area contributed by atoms with Crippen LogP contribution in [0, 0.1) is 12.8 Å². The zero-order chi connectivity index (χ0) is 20.4. The third kappa shape index (κ3) is 5.61. The molecule has 1 fully saturated rings. The second-order valence-corrected chi connectivity index (χ2v) is 7.81. The number of nitrogens with zero attached hydrogens (tertiary/aromatic N) is 5. The fraction of sp³-hybridized carbons (Fsp3) is 0.364. The zero-order valence-corrected chi connectivity index (χ0v) is 19.5. The Morgan fingerprint density at radius 1 is 1.06 bits per heavy atom. The van der Waals surface area contributed by atoms with Crippen molar-refractivity contribution in [1.29, 1.82) is 0 Å². The Kier molecular flexibility index (Phi) is 8.56. The lowest BCUT2D eigenvalue weighted by atomic mass is 10.0. The molecule has 1 saturated heterocycles. The van der Waals surface area contributed by atoms with E-state index in [2.05, 4.69) is 44.2 Å². The third-order valence-corrected chi connectivity index (χ3v) is 5.35. The molecule has 0 radical (unpaired) electrons. The van der Waals surface area contributed by atoms with Crippen molar-refractivity contribution >= 4 is 30.8 Å². The molecule has 0 saturated carbocycles. The molecule has 1 atom stereocenters. The standard InChI is InChI=1S/C22H26N6O.2ClH/c1-14(2)20-13-28(9-8-24-20)22-25-12-19(26-27-22)18-5-4-16(11-21(18)29)17-6-7-23-15(3)10-17;;/h4-7,10-12,14,20,24,29H,8-9,13H2,1-3H3;2*1H. The second-order valence-electron chi connectivity index (χ2n) is 7.81. The van der Waals surface area contributed by atoms with Gasteiger partial charge in [-0.2, -0.15) is 0 Å². The number of hydrogen-bond acceptors (Lipinski definition) is 7. The molecule has 31 heavy (non-hydrogen) atoms. The summed E-state index contributed by atoms with van der Waals surface area (Å²) in [7, 11) is 0. The maximum atomic E-state index is 10.6. The number of halogens is 2. The minimum absolute atomic E-state index is 0. The number of rotatable bonds is 4. The Labute approximate surface area is 195 Å². The van der Waals surface area contributed by atoms with E-state index >= 15 is 0 Å². The van der Waals surface area contributed by atoms with Gasteiger partial charge in [0.25, 0.3) is 0 Å². The summed E-state index contributed by atoms with van der Waals surface area (Å²) in [5, 5.41) is 22.7. The SMILES string of the molecule is Cc1cc(-c2ccc(-c3cnc(N4CCNC(C(C)C)C4)nn3)c(O)c2)ccn1.Cl.Cl. The number of anilines is 1. The van der Waals surface area contributed by atoms with Crippen LogP contribution in [-0.4, -0.2) is 50.9 Å². The van der Waals surface area contributed by atoms with Crippen LogP contribution < -0.4 is 10.2 Å². The quantitative estimate of drug-likeness (QED) is 0.607. The molecule has 3 heterocycles. The van der Waals surface area contributed by atoms with Crippen molar-refractivity contribution in [1.82, 2.24) is 25.5 Å². The Hall–Kier alpha value is -2.48. The summed E-state index contributed by atoms with van der Waals surface area (Å²) >= 11 is 0. The van der Waals surface area contributed by atoms with Gasteiger partial charge in [-0.15, -0.1) is 35.0 Å². The molecule has 7 nitrogen and oxygen atoms in total. The Balaban J connectivity index is 0.00000171. The first-order chi connectivity index (χ1) is 14.0. The van der Waals surface area contributed by atoms with Crippen LogP contribution in [0.5, 0.6) is 5.75 Å². The first kappa shape index (κ1) is 24.8. The van der Waals surface area contributed by atoms with Crippen molar-refractivity contribution in [3.05, 3.63) is 48.4 Å². The zero-order valence-electron chi connectivity index (χ0n) is 17.8. The van der Waals surface area contributed by atoms with E-state index in [-0.39, 0.29) is 30.6 Å². The van der Waals surface area contributed by atoms with E-state index in [0.717, 1.165) is 36.5 Å². The number of benzene rings is 1. The van der Waals surface area contributed by atoms with Crippen LogP contribution in [0.4, 0.5) is 5.95 Å². The maximum Gasteiger partial charge on any atom is 0.245 e. The van der Waals surface area contributed by atoms with Crippen molar-refractivity contribution in [3.8, 4) is 28.1 Å². The van der Waals surface area contributed by atoms with Gasteiger partial charge >= 0.3 is 0 Å². The highest BCUT2D eigenvalue weighted by Gasteiger charge is 2.23. The Morgan fingerprint density at radius 2 is 1.84 bits per heavy atom. The molecule has 0 amide bonds. The predicted molar refractivity (Wildman–Crippen MR) is 128 cm³/mol. The molecule has 1 unspecified atom stereocenters. The average molecular weight is 463 g/mol. The molecule has 0 bridgehead atoms. The van der Waals surface area contributed by atoms with Crippen LogP contribution in [0.15, 0.2) is 42.7 Å². The summed E-state index contributed by atoms with van der Waals surface area (Å²) in [6.07, 6.45) is 3.45. The molecular weight excluding hydrogens is 435 g/mol. The van der Waals surface area contributed by atoms with E-state index < -0.39 is 0 Å². The number of piperazine rings is 1. The van der Waals surface area contributed by atoms with Crippen molar-refractivity contribution in [2.45, 2.75) is 26.8 Å². The predicted octanol–water partition coefficient (Wildman–Crippen LogP) is 3.89. The highest BCUT2D eigenvalue weighted by molar-refractivity contribution is 5.85. The summed E-state index contributed by atoms with van der Waals surface area (Å²) in [5.74, 6) is 1.33. The number of phenolic OH excluding ortho intramolecular Hbond substituents is 1. The number of aromatic nitrogens is 4. The Bertz CT molecular complexity index is 1000. The van der Waals surface area contributed by atoms with Crippen molar-refractivity contribution < 1.29 is 5.11 Å². The molecule has 1 aliphatic heterocycles. The minimum Gasteiger partial charge on any atom is -0.507 e. The van der Waals surface area contributed by atoms with Crippen LogP contribution in [-0.2, 0) is 0 Å². The third-order valence-electron chi connectivity index (χ3n) is 5.35. The minimum atomic E-state index is 0. The highest BCUT2D eigenvalue weighted by atomic mass is 35.5. The maximum absolute atomic E-state index is 10.6. The molecule has 0 spiro atoms. The first-order valence-electron chi connectivity index (χ1n) is 9.96. The van der Waals surface area contributed by atoms with Gasteiger partial charge in [0, 0.05) is 43.1 Å². The van der Waals surface area contributed by atoms with Gasteiger partial charge in [-0.3, -0.25) is 4.98 Å². The molecule has 166 valence electrons. The van der Waals surface area contributed by atoms with Crippen LogP contribution in [0.25, 0.3) is 22.4 Å². The van der Waals surface area contributed by atoms with Gasteiger partial charge in [0.15, 0.2) is 0 Å². The highest BCUT2D eigenvalue weighted by Crippen LogP contribution is 2.32. The second kappa shape index (κ2) is 10.7. The topological polar surface area (TPSA) is 87.1 Å². The molecule has 3 aromatic rings. The molecule has 2 aromatic heterocycles. The van der Waals surface area contributed by atoms with E-state index in [9.17, 15) is 5.11 Å². The van der Waals surface area contributed by atoms with Gasteiger partial charge in [-0.25, -0.2) is 4.98 Å². The molecule has 0 aliphatic carbocycles. The van der Waals surface area contributed by atoms with Crippen LogP contribution in [0.3, 0.4) is 0 Å². The largest absolute Gasteiger partial charge is 0.507 e. The summed E-state index contributed by atoms with van der Waals surface area (Å²) < 4.78 is 0. The number of aryl methyl sites for hydroxylation is 1. The average Bonchev–Trinajstić information content (AvgIpc) is 2.74. The number of pyridine rings is 1. The number of aromatic hydroxyl groups is 1. The number of nitrogens with one attached hydrogen (secondary N) is 1. The van der Waals surface area contributed by atoms with Crippen LogP contribution in [0.1, 0.15) is 19.5 Å². The Morgan fingerprint density at radius 3 is 2.48 bits per heavy atom. The van der Waals surface area contributed by atoms with Crippen LogP contribution >= 0.6 is 24.8 Å². The van der Waals surface area contributed by atoms with E-state index in [1.807, 2.05) is 31.2 Å². The first-order valence-corrected chi connectivity index (χ1v) is 9.96. The monoisotopic (exact) mass is 462 g/mol. The molecule has 1 aromatic carbocycles. The van der Waals surface area contributed by atoms with Gasteiger partial charge in [-0.1, -0.05) is 19.9 Å². The van der Waals surface area contributed by atoms with E-state index in [4.69, 9.17) is 0 Å².